The predicted octanol–water partition coefficient (Wildman–Crippen LogP) is 3.92. The number of hydrogen-bond acceptors (Lipinski definition) is 5. The molecule has 8 heteroatoms. The summed E-state index contributed by atoms with van der Waals surface area (Å²) in [5.74, 6) is 0.355. The fourth-order valence-electron chi connectivity index (χ4n) is 2.38. The molecule has 0 saturated heterocycles. The van der Waals surface area contributed by atoms with Crippen LogP contribution in [0.1, 0.15) is 19.2 Å². The second-order valence-corrected chi connectivity index (χ2v) is 6.19. The number of anilines is 2. The van der Waals surface area contributed by atoms with Gasteiger partial charge in [-0.05, 0) is 36.4 Å². The normalized spacial score (nSPS) is 10.4. The average molecular weight is 385 g/mol. The van der Waals surface area contributed by atoms with E-state index in [-0.39, 0.29) is 18.2 Å². The molecule has 2 aromatic carbocycles. The molecule has 0 aliphatic rings. The summed E-state index contributed by atoms with van der Waals surface area (Å²) < 4.78 is 5.58. The molecule has 0 radical (unpaired) electrons. The summed E-state index contributed by atoms with van der Waals surface area (Å²) in [6.45, 7) is 1.43. The number of halogens is 1. The number of benzene rings is 2. The average Bonchev–Trinajstić information content (AvgIpc) is 3.10. The Morgan fingerprint density at radius 1 is 1.00 bits per heavy atom. The number of carbonyl (C=O) groups excluding carboxylic acids is 2. The van der Waals surface area contributed by atoms with Crippen molar-refractivity contribution in [1.29, 1.82) is 0 Å². The Kier molecular flexibility index (Phi) is 5.83. The monoisotopic (exact) mass is 384 g/mol. The van der Waals surface area contributed by atoms with E-state index in [4.69, 9.17) is 16.0 Å². The van der Waals surface area contributed by atoms with E-state index in [1.54, 1.807) is 36.4 Å². The molecule has 0 saturated carbocycles. The fraction of sp³-hybridized carbons (Fsp3) is 0.158. The quantitative estimate of drug-likeness (QED) is 0.671. The zero-order chi connectivity index (χ0) is 19.2. The van der Waals surface area contributed by atoms with Crippen LogP contribution >= 0.6 is 11.6 Å². The topological polar surface area (TPSA) is 97.1 Å². The van der Waals surface area contributed by atoms with E-state index in [0.29, 0.717) is 40.2 Å². The molecule has 2 N–H and O–H groups in total. The third-order valence-electron chi connectivity index (χ3n) is 3.63. The zero-order valence-corrected chi connectivity index (χ0v) is 15.3. The van der Waals surface area contributed by atoms with Crippen LogP contribution in [0.3, 0.4) is 0 Å². The van der Waals surface area contributed by atoms with Crippen molar-refractivity contribution in [3.05, 3.63) is 59.4 Å². The van der Waals surface area contributed by atoms with Gasteiger partial charge in [0.1, 0.15) is 0 Å². The summed E-state index contributed by atoms with van der Waals surface area (Å²) >= 11 is 6.11. The Labute approximate surface area is 160 Å². The molecule has 0 bridgehead atoms. The van der Waals surface area contributed by atoms with Crippen molar-refractivity contribution < 1.29 is 14.0 Å². The van der Waals surface area contributed by atoms with Crippen molar-refractivity contribution in [3.8, 4) is 11.5 Å². The highest BCUT2D eigenvalue weighted by atomic mass is 35.5. The van der Waals surface area contributed by atoms with Gasteiger partial charge in [0.2, 0.25) is 23.6 Å². The molecule has 3 rings (SSSR count). The van der Waals surface area contributed by atoms with Crippen molar-refractivity contribution in [1.82, 2.24) is 10.2 Å². The molecular formula is C19H17ClN4O3. The van der Waals surface area contributed by atoms with E-state index in [1.807, 2.05) is 12.1 Å². The molecule has 0 atom stereocenters. The first kappa shape index (κ1) is 18.6. The lowest BCUT2D eigenvalue weighted by Gasteiger charge is -2.06. The maximum atomic E-state index is 12.1. The third-order valence-corrected chi connectivity index (χ3v) is 3.96. The second kappa shape index (κ2) is 8.46. The van der Waals surface area contributed by atoms with Crippen LogP contribution in [-0.4, -0.2) is 22.0 Å². The number of carbonyl (C=O) groups is 2. The molecule has 0 spiro atoms. The Morgan fingerprint density at radius 2 is 1.67 bits per heavy atom. The Hall–Kier alpha value is -3.19. The molecule has 2 amide bonds. The Bertz CT molecular complexity index is 954. The number of rotatable bonds is 6. The lowest BCUT2D eigenvalue weighted by Crippen LogP contribution is -2.12. The van der Waals surface area contributed by atoms with Gasteiger partial charge in [-0.3, -0.25) is 9.59 Å². The lowest BCUT2D eigenvalue weighted by molar-refractivity contribution is -0.116. The molecule has 138 valence electrons. The first-order valence-electron chi connectivity index (χ1n) is 8.26. The van der Waals surface area contributed by atoms with Gasteiger partial charge in [-0.1, -0.05) is 23.7 Å². The van der Waals surface area contributed by atoms with Crippen molar-refractivity contribution in [2.24, 2.45) is 0 Å². The maximum Gasteiger partial charge on any atom is 0.249 e. The summed E-state index contributed by atoms with van der Waals surface area (Å²) in [6, 6.07) is 14.0. The number of aromatic nitrogens is 2. The number of nitrogens with zero attached hydrogens (tertiary/aromatic N) is 2. The highest BCUT2D eigenvalue weighted by Crippen LogP contribution is 2.26. The number of amides is 2. The Morgan fingerprint density at radius 3 is 2.33 bits per heavy atom. The van der Waals surface area contributed by atoms with Crippen LogP contribution in [0.2, 0.25) is 5.02 Å². The van der Waals surface area contributed by atoms with Gasteiger partial charge in [0.15, 0.2) is 0 Å². The molecular weight excluding hydrogens is 368 g/mol. The van der Waals surface area contributed by atoms with Gasteiger partial charge in [-0.15, -0.1) is 10.2 Å². The van der Waals surface area contributed by atoms with Crippen LogP contribution in [0.5, 0.6) is 0 Å². The summed E-state index contributed by atoms with van der Waals surface area (Å²) in [5.41, 5.74) is 1.96. The highest BCUT2D eigenvalue weighted by Gasteiger charge is 2.13. The third kappa shape index (κ3) is 5.15. The summed E-state index contributed by atoms with van der Waals surface area (Å²) in [7, 11) is 0. The minimum Gasteiger partial charge on any atom is -0.421 e. The molecule has 7 nitrogen and oxygen atoms in total. The van der Waals surface area contributed by atoms with Crippen LogP contribution in [0.25, 0.3) is 11.5 Å². The van der Waals surface area contributed by atoms with E-state index >= 15 is 0 Å². The number of aryl methyl sites for hydroxylation is 1. The van der Waals surface area contributed by atoms with E-state index < -0.39 is 0 Å². The fourth-order valence-corrected chi connectivity index (χ4v) is 2.60. The largest absolute Gasteiger partial charge is 0.421 e. The Balaban J connectivity index is 1.54. The van der Waals surface area contributed by atoms with Gasteiger partial charge in [-0.25, -0.2) is 0 Å². The van der Waals surface area contributed by atoms with Crippen LogP contribution in [0.4, 0.5) is 11.4 Å². The molecule has 1 aromatic heterocycles. The smallest absolute Gasteiger partial charge is 0.249 e. The maximum absolute atomic E-state index is 12.1. The van der Waals surface area contributed by atoms with E-state index in [9.17, 15) is 9.59 Å². The first-order chi connectivity index (χ1) is 13.0. The van der Waals surface area contributed by atoms with E-state index in [2.05, 4.69) is 20.8 Å². The van der Waals surface area contributed by atoms with Gasteiger partial charge in [0.05, 0.1) is 10.6 Å². The van der Waals surface area contributed by atoms with Gasteiger partial charge in [0, 0.05) is 31.1 Å². The summed E-state index contributed by atoms with van der Waals surface area (Å²) in [6.07, 6.45) is 0.505. The molecule has 1 heterocycles. The number of hydrogen-bond donors (Lipinski definition) is 2. The molecule has 0 unspecified atom stereocenters. The summed E-state index contributed by atoms with van der Waals surface area (Å²) in [4.78, 5) is 23.1. The SMILES string of the molecule is CC(=O)Nc1ccc(NC(=O)CCc2nnc(-c3ccccc3Cl)o2)cc1. The van der Waals surface area contributed by atoms with Crippen LogP contribution in [-0.2, 0) is 16.0 Å². The molecule has 0 aliphatic carbocycles. The predicted molar refractivity (Wildman–Crippen MR) is 102 cm³/mol. The zero-order valence-electron chi connectivity index (χ0n) is 14.5. The van der Waals surface area contributed by atoms with Gasteiger partial charge in [0.25, 0.3) is 0 Å². The van der Waals surface area contributed by atoms with Gasteiger partial charge < -0.3 is 15.1 Å². The van der Waals surface area contributed by atoms with Gasteiger partial charge in [-0.2, -0.15) is 0 Å². The summed E-state index contributed by atoms with van der Waals surface area (Å²) in [5, 5.41) is 13.9. The van der Waals surface area contributed by atoms with Crippen LogP contribution in [0.15, 0.2) is 52.9 Å². The lowest BCUT2D eigenvalue weighted by atomic mass is 10.2. The van der Waals surface area contributed by atoms with Gasteiger partial charge >= 0.3 is 0 Å². The van der Waals surface area contributed by atoms with Crippen molar-refractivity contribution in [2.75, 3.05) is 10.6 Å². The minimum atomic E-state index is -0.181. The molecule has 3 aromatic rings. The van der Waals surface area contributed by atoms with Crippen LogP contribution < -0.4 is 10.6 Å². The first-order valence-corrected chi connectivity index (χ1v) is 8.64. The molecule has 0 aliphatic heterocycles. The van der Waals surface area contributed by atoms with E-state index in [1.165, 1.54) is 6.92 Å². The van der Waals surface area contributed by atoms with Crippen molar-refractivity contribution in [2.45, 2.75) is 19.8 Å². The minimum absolute atomic E-state index is 0.150. The second-order valence-electron chi connectivity index (χ2n) is 5.79. The van der Waals surface area contributed by atoms with Crippen molar-refractivity contribution >= 4 is 34.8 Å². The van der Waals surface area contributed by atoms with E-state index in [0.717, 1.165) is 0 Å². The highest BCUT2D eigenvalue weighted by molar-refractivity contribution is 6.33. The van der Waals surface area contributed by atoms with Crippen molar-refractivity contribution in [3.63, 3.8) is 0 Å². The molecule has 0 fully saturated rings. The molecule has 27 heavy (non-hydrogen) atoms. The van der Waals surface area contributed by atoms with Crippen LogP contribution in [0, 0.1) is 0 Å². The number of nitrogens with one attached hydrogen (secondary N) is 2. The standard InChI is InChI=1S/C19H17ClN4O3/c1-12(25)21-13-6-8-14(9-7-13)22-17(26)10-11-18-23-24-19(27-18)15-4-2-3-5-16(15)20/h2-9H,10-11H2,1H3,(H,21,25)(H,22,26).